The maximum atomic E-state index is 5.47. The van der Waals surface area contributed by atoms with Crippen LogP contribution in [-0.2, 0) is 16.0 Å². The Balaban J connectivity index is 1.99. The fraction of sp³-hybridized carbons (Fsp3) is 0.667. The van der Waals surface area contributed by atoms with Crippen LogP contribution in [0.1, 0.15) is 6.42 Å². The number of aromatic nitrogens is 2. The lowest BCUT2D eigenvalue weighted by Gasteiger charge is -2.03. The van der Waals surface area contributed by atoms with Gasteiger partial charge < -0.3 is 15.2 Å². The first-order chi connectivity index (χ1) is 6.83. The van der Waals surface area contributed by atoms with E-state index in [9.17, 15) is 0 Å². The van der Waals surface area contributed by atoms with E-state index in [1.807, 2.05) is 10.9 Å². The Morgan fingerprint density at radius 3 is 2.93 bits per heavy atom. The van der Waals surface area contributed by atoms with Crippen molar-refractivity contribution in [3.63, 3.8) is 0 Å². The number of nitrogens with two attached hydrogens (primary N) is 1. The van der Waals surface area contributed by atoms with Crippen LogP contribution >= 0.6 is 0 Å². The first-order valence-electron chi connectivity index (χ1n) is 4.68. The van der Waals surface area contributed by atoms with Crippen molar-refractivity contribution in [2.24, 2.45) is 0 Å². The van der Waals surface area contributed by atoms with Crippen molar-refractivity contribution in [3.8, 4) is 0 Å². The summed E-state index contributed by atoms with van der Waals surface area (Å²) in [6, 6.07) is 1.78. The van der Waals surface area contributed by atoms with Gasteiger partial charge in [-0.3, -0.25) is 4.68 Å². The number of nitrogens with zero attached hydrogens (tertiary/aromatic N) is 2. The van der Waals surface area contributed by atoms with E-state index >= 15 is 0 Å². The minimum atomic E-state index is 0.560. The van der Waals surface area contributed by atoms with E-state index in [1.165, 1.54) is 0 Å². The van der Waals surface area contributed by atoms with Gasteiger partial charge in [-0.05, 0) is 12.5 Å². The number of anilines is 1. The maximum absolute atomic E-state index is 5.47. The third-order valence-electron chi connectivity index (χ3n) is 1.77. The Labute approximate surface area is 83.8 Å². The standard InChI is InChI=1S/C9H17N3O2/c1-13-7-8-14-6-2-4-12-5-3-9(10)11-12/h3,5H,2,4,6-8H2,1H3,(H2,10,11). The molecular formula is C9H17N3O2. The monoisotopic (exact) mass is 199 g/mol. The molecule has 2 N–H and O–H groups in total. The highest BCUT2D eigenvalue weighted by molar-refractivity contribution is 5.23. The molecular weight excluding hydrogens is 182 g/mol. The van der Waals surface area contributed by atoms with Crippen molar-refractivity contribution in [2.45, 2.75) is 13.0 Å². The van der Waals surface area contributed by atoms with Gasteiger partial charge in [0.05, 0.1) is 13.2 Å². The van der Waals surface area contributed by atoms with E-state index in [4.69, 9.17) is 15.2 Å². The molecule has 14 heavy (non-hydrogen) atoms. The molecule has 0 aliphatic rings. The Morgan fingerprint density at radius 2 is 2.29 bits per heavy atom. The highest BCUT2D eigenvalue weighted by atomic mass is 16.5. The summed E-state index contributed by atoms with van der Waals surface area (Å²) in [6.45, 7) is 2.86. The number of rotatable bonds is 7. The van der Waals surface area contributed by atoms with E-state index < -0.39 is 0 Å². The van der Waals surface area contributed by atoms with Crippen LogP contribution in [0.3, 0.4) is 0 Å². The van der Waals surface area contributed by atoms with Crippen molar-refractivity contribution < 1.29 is 9.47 Å². The van der Waals surface area contributed by atoms with Crippen LogP contribution in [0.2, 0.25) is 0 Å². The van der Waals surface area contributed by atoms with Crippen LogP contribution in [0.4, 0.5) is 5.82 Å². The molecule has 1 rings (SSSR count). The van der Waals surface area contributed by atoms with Gasteiger partial charge in [0.15, 0.2) is 0 Å². The predicted molar refractivity (Wildman–Crippen MR) is 54.0 cm³/mol. The van der Waals surface area contributed by atoms with Gasteiger partial charge in [0, 0.05) is 26.5 Å². The lowest BCUT2D eigenvalue weighted by molar-refractivity contribution is 0.0677. The summed E-state index contributed by atoms with van der Waals surface area (Å²) in [4.78, 5) is 0. The molecule has 0 aliphatic heterocycles. The molecule has 0 saturated carbocycles. The van der Waals surface area contributed by atoms with Crippen molar-refractivity contribution in [3.05, 3.63) is 12.3 Å². The summed E-state index contributed by atoms with van der Waals surface area (Å²) in [7, 11) is 1.66. The van der Waals surface area contributed by atoms with Crippen LogP contribution in [-0.4, -0.2) is 36.7 Å². The number of aryl methyl sites for hydroxylation is 1. The molecule has 0 aliphatic carbocycles. The fourth-order valence-electron chi connectivity index (χ4n) is 1.07. The number of hydrogen-bond acceptors (Lipinski definition) is 4. The molecule has 0 atom stereocenters. The largest absolute Gasteiger partial charge is 0.382 e. The molecule has 0 radical (unpaired) electrons. The second-order valence-electron chi connectivity index (χ2n) is 2.96. The van der Waals surface area contributed by atoms with Gasteiger partial charge in [0.25, 0.3) is 0 Å². The van der Waals surface area contributed by atoms with Gasteiger partial charge >= 0.3 is 0 Å². The number of nitrogen functional groups attached to an aromatic ring is 1. The molecule has 0 fully saturated rings. The van der Waals surface area contributed by atoms with Crippen LogP contribution in [0.5, 0.6) is 0 Å². The molecule has 0 unspecified atom stereocenters. The fourth-order valence-corrected chi connectivity index (χ4v) is 1.07. The van der Waals surface area contributed by atoms with Crippen LogP contribution < -0.4 is 5.73 Å². The van der Waals surface area contributed by atoms with Gasteiger partial charge in [0.2, 0.25) is 0 Å². The number of methoxy groups -OCH3 is 1. The minimum Gasteiger partial charge on any atom is -0.382 e. The summed E-state index contributed by atoms with van der Waals surface area (Å²) in [6.07, 6.45) is 2.80. The Hall–Kier alpha value is -1.07. The lowest BCUT2D eigenvalue weighted by atomic mass is 10.4. The van der Waals surface area contributed by atoms with E-state index in [2.05, 4.69) is 5.10 Å². The molecule has 0 spiro atoms. The zero-order chi connectivity index (χ0) is 10.2. The first kappa shape index (κ1) is 11.0. The summed E-state index contributed by atoms with van der Waals surface area (Å²) >= 11 is 0. The molecule has 5 heteroatoms. The predicted octanol–water partition coefficient (Wildman–Crippen LogP) is 0.518. The van der Waals surface area contributed by atoms with Crippen molar-refractivity contribution in [2.75, 3.05) is 32.7 Å². The van der Waals surface area contributed by atoms with E-state index in [0.717, 1.165) is 19.6 Å². The lowest BCUT2D eigenvalue weighted by Crippen LogP contribution is -2.06. The topological polar surface area (TPSA) is 62.3 Å². The van der Waals surface area contributed by atoms with Gasteiger partial charge in [-0.15, -0.1) is 0 Å². The van der Waals surface area contributed by atoms with Crippen molar-refractivity contribution in [1.82, 2.24) is 9.78 Å². The average molecular weight is 199 g/mol. The number of hydrogen-bond donors (Lipinski definition) is 1. The highest BCUT2D eigenvalue weighted by Crippen LogP contribution is 1.97. The van der Waals surface area contributed by atoms with Gasteiger partial charge in [-0.2, -0.15) is 5.10 Å². The summed E-state index contributed by atoms with van der Waals surface area (Å²) < 4.78 is 12.0. The second-order valence-corrected chi connectivity index (χ2v) is 2.96. The molecule has 1 aromatic rings. The third kappa shape index (κ3) is 4.25. The molecule has 1 aromatic heterocycles. The zero-order valence-corrected chi connectivity index (χ0v) is 8.48. The SMILES string of the molecule is COCCOCCCn1ccc(N)n1. The first-order valence-corrected chi connectivity index (χ1v) is 4.68. The third-order valence-corrected chi connectivity index (χ3v) is 1.77. The minimum absolute atomic E-state index is 0.560. The molecule has 5 nitrogen and oxygen atoms in total. The number of ether oxygens (including phenoxy) is 2. The molecule has 0 amide bonds. The molecule has 0 bridgehead atoms. The summed E-state index contributed by atoms with van der Waals surface area (Å²) in [5, 5.41) is 4.06. The van der Waals surface area contributed by atoms with Gasteiger partial charge in [0.1, 0.15) is 5.82 Å². The van der Waals surface area contributed by atoms with Crippen molar-refractivity contribution >= 4 is 5.82 Å². The molecule has 1 heterocycles. The average Bonchev–Trinajstić information content (AvgIpc) is 2.58. The molecule has 0 aromatic carbocycles. The Bertz CT molecular complexity index is 250. The zero-order valence-electron chi connectivity index (χ0n) is 8.48. The summed E-state index contributed by atoms with van der Waals surface area (Å²) in [5.41, 5.74) is 5.47. The van der Waals surface area contributed by atoms with E-state index in [0.29, 0.717) is 19.0 Å². The van der Waals surface area contributed by atoms with E-state index in [1.54, 1.807) is 13.2 Å². The quantitative estimate of drug-likeness (QED) is 0.650. The Morgan fingerprint density at radius 1 is 1.43 bits per heavy atom. The summed E-state index contributed by atoms with van der Waals surface area (Å²) in [5.74, 6) is 0.560. The van der Waals surface area contributed by atoms with Crippen LogP contribution in [0.15, 0.2) is 12.3 Å². The highest BCUT2D eigenvalue weighted by Gasteiger charge is 1.94. The molecule has 0 saturated heterocycles. The van der Waals surface area contributed by atoms with Crippen molar-refractivity contribution in [1.29, 1.82) is 0 Å². The maximum Gasteiger partial charge on any atom is 0.145 e. The normalized spacial score (nSPS) is 10.6. The van der Waals surface area contributed by atoms with Gasteiger partial charge in [-0.1, -0.05) is 0 Å². The Kier molecular flexibility index (Phi) is 5.03. The van der Waals surface area contributed by atoms with Gasteiger partial charge in [-0.25, -0.2) is 0 Å². The van der Waals surface area contributed by atoms with Crippen LogP contribution in [0, 0.1) is 0 Å². The molecule has 80 valence electrons. The smallest absolute Gasteiger partial charge is 0.145 e. The second kappa shape index (κ2) is 6.39. The van der Waals surface area contributed by atoms with E-state index in [-0.39, 0.29) is 0 Å². The van der Waals surface area contributed by atoms with Crippen LogP contribution in [0.25, 0.3) is 0 Å².